The summed E-state index contributed by atoms with van der Waals surface area (Å²) >= 11 is 12.8. The van der Waals surface area contributed by atoms with Gasteiger partial charge in [-0.1, -0.05) is 11.6 Å². The van der Waals surface area contributed by atoms with Crippen LogP contribution >= 0.6 is 35.0 Å². The quantitative estimate of drug-likeness (QED) is 0.275. The summed E-state index contributed by atoms with van der Waals surface area (Å²) in [6.07, 6.45) is 3.30. The van der Waals surface area contributed by atoms with Crippen molar-refractivity contribution in [1.29, 1.82) is 0 Å². The van der Waals surface area contributed by atoms with E-state index in [1.807, 2.05) is 18.4 Å². The molecular weight excluding hydrogens is 267 g/mol. The molecule has 0 aliphatic carbocycles. The summed E-state index contributed by atoms with van der Waals surface area (Å²) in [6.45, 7) is 0. The summed E-state index contributed by atoms with van der Waals surface area (Å²) in [5.74, 6) is 0. The third-order valence-corrected chi connectivity index (χ3v) is 3.28. The van der Waals surface area contributed by atoms with Gasteiger partial charge in [0.1, 0.15) is 0 Å². The lowest BCUT2D eigenvalue weighted by molar-refractivity contribution is 0.248. The first-order valence-corrected chi connectivity index (χ1v) is 6.32. The van der Waals surface area contributed by atoms with Crippen LogP contribution in [0.25, 0.3) is 0 Å². The molecule has 16 heavy (non-hydrogen) atoms. The molecule has 0 radical (unpaired) electrons. The summed E-state index contributed by atoms with van der Waals surface area (Å²) < 4.78 is 0. The predicted octanol–water partition coefficient (Wildman–Crippen LogP) is 4.01. The van der Waals surface area contributed by atoms with E-state index in [1.54, 1.807) is 17.8 Å². The van der Waals surface area contributed by atoms with Crippen LogP contribution in [0.2, 0.25) is 5.02 Å². The van der Waals surface area contributed by atoms with Crippen molar-refractivity contribution in [3.8, 4) is 0 Å². The van der Waals surface area contributed by atoms with Gasteiger partial charge >= 0.3 is 5.37 Å². The number of nitrogens with zero attached hydrogens (tertiary/aromatic N) is 2. The minimum Gasteiger partial charge on any atom is -0.292 e. The second-order valence-electron chi connectivity index (χ2n) is 2.93. The Kier molecular flexibility index (Phi) is 5.12. The average Bonchev–Trinajstić information content (AvgIpc) is 2.25. The van der Waals surface area contributed by atoms with Gasteiger partial charge < -0.3 is 0 Å². The molecule has 1 rings (SSSR count). The zero-order valence-electron chi connectivity index (χ0n) is 8.78. The van der Waals surface area contributed by atoms with Crippen LogP contribution in [-0.2, 0) is 0 Å². The SMILES string of the molecule is CSc1ccc(N=CN(C)C(=O)Cl)cc1Cl. The standard InChI is InChI=1S/C10H10Cl2N2OS/c1-14(10(12)15)6-13-7-3-4-9(16-2)8(11)5-7/h3-6H,1-2H3. The molecule has 0 fully saturated rings. The molecule has 0 aliphatic rings. The second-order valence-corrected chi connectivity index (χ2v) is 4.51. The van der Waals surface area contributed by atoms with Gasteiger partial charge in [-0.05, 0) is 36.1 Å². The first kappa shape index (κ1) is 13.4. The van der Waals surface area contributed by atoms with Gasteiger partial charge in [0.15, 0.2) is 0 Å². The number of amides is 1. The Balaban J connectivity index is 2.83. The number of carbonyl (C=O) groups is 1. The Labute approximate surface area is 108 Å². The highest BCUT2D eigenvalue weighted by Crippen LogP contribution is 2.28. The normalized spacial score (nSPS) is 10.8. The maximum atomic E-state index is 10.7. The fraction of sp³-hybridized carbons (Fsp3) is 0.200. The van der Waals surface area contributed by atoms with Crippen LogP contribution in [0.1, 0.15) is 0 Å². The number of hydrogen-bond acceptors (Lipinski definition) is 3. The molecule has 1 amide bonds. The molecule has 1 aromatic carbocycles. The van der Waals surface area contributed by atoms with Crippen molar-refractivity contribution in [2.45, 2.75) is 4.90 Å². The molecule has 3 nitrogen and oxygen atoms in total. The number of thioether (sulfide) groups is 1. The second kappa shape index (κ2) is 6.13. The van der Waals surface area contributed by atoms with Gasteiger partial charge in [-0.25, -0.2) is 4.99 Å². The van der Waals surface area contributed by atoms with E-state index < -0.39 is 5.37 Å². The molecule has 0 bridgehead atoms. The number of aliphatic imine (C=N–C) groups is 1. The van der Waals surface area contributed by atoms with Gasteiger partial charge in [-0.15, -0.1) is 11.8 Å². The molecule has 0 spiro atoms. The zero-order valence-corrected chi connectivity index (χ0v) is 11.1. The van der Waals surface area contributed by atoms with Gasteiger partial charge in [0.2, 0.25) is 0 Å². The molecule has 86 valence electrons. The molecule has 0 aliphatic heterocycles. The summed E-state index contributed by atoms with van der Waals surface area (Å²) in [5, 5.41) is 0.0533. The minimum atomic E-state index is -0.587. The maximum Gasteiger partial charge on any atom is 0.321 e. The van der Waals surface area contributed by atoms with Gasteiger partial charge in [-0.3, -0.25) is 9.69 Å². The molecule has 0 heterocycles. The molecule has 1 aromatic rings. The van der Waals surface area contributed by atoms with Crippen LogP contribution < -0.4 is 0 Å². The van der Waals surface area contributed by atoms with Crippen LogP contribution in [0, 0.1) is 0 Å². The Morgan fingerprint density at radius 1 is 1.56 bits per heavy atom. The number of halogens is 2. The average molecular weight is 277 g/mol. The Morgan fingerprint density at radius 2 is 2.25 bits per heavy atom. The van der Waals surface area contributed by atoms with E-state index in [0.717, 1.165) is 4.90 Å². The fourth-order valence-corrected chi connectivity index (χ4v) is 1.84. The van der Waals surface area contributed by atoms with Crippen molar-refractivity contribution in [1.82, 2.24) is 4.90 Å². The highest BCUT2D eigenvalue weighted by atomic mass is 35.5. The van der Waals surface area contributed by atoms with Crippen molar-refractivity contribution in [2.75, 3.05) is 13.3 Å². The molecule has 0 unspecified atom stereocenters. The largest absolute Gasteiger partial charge is 0.321 e. The third kappa shape index (κ3) is 3.70. The highest BCUT2D eigenvalue weighted by molar-refractivity contribution is 7.98. The van der Waals surface area contributed by atoms with E-state index in [4.69, 9.17) is 23.2 Å². The monoisotopic (exact) mass is 276 g/mol. The van der Waals surface area contributed by atoms with Crippen LogP contribution in [0.4, 0.5) is 10.5 Å². The highest BCUT2D eigenvalue weighted by Gasteiger charge is 2.01. The number of hydrogen-bond donors (Lipinski definition) is 0. The fourth-order valence-electron chi connectivity index (χ4n) is 0.934. The molecule has 0 saturated carbocycles. The number of benzene rings is 1. The third-order valence-electron chi connectivity index (χ3n) is 1.79. The lowest BCUT2D eigenvalue weighted by Gasteiger charge is -2.05. The zero-order chi connectivity index (χ0) is 12.1. The van der Waals surface area contributed by atoms with E-state index >= 15 is 0 Å². The number of carbonyl (C=O) groups excluding carboxylic acids is 1. The van der Waals surface area contributed by atoms with Crippen LogP contribution in [0.5, 0.6) is 0 Å². The lowest BCUT2D eigenvalue weighted by atomic mass is 10.3. The Morgan fingerprint density at radius 3 is 2.75 bits per heavy atom. The first-order chi connectivity index (χ1) is 7.54. The van der Waals surface area contributed by atoms with Crippen LogP contribution in [0.15, 0.2) is 28.1 Å². The van der Waals surface area contributed by atoms with E-state index in [1.165, 1.54) is 18.3 Å². The first-order valence-electron chi connectivity index (χ1n) is 4.34. The summed E-state index contributed by atoms with van der Waals surface area (Å²) in [7, 11) is 1.52. The Hall–Kier alpha value is -0.710. The van der Waals surface area contributed by atoms with Gasteiger partial charge in [0.25, 0.3) is 0 Å². The van der Waals surface area contributed by atoms with Crippen molar-refractivity contribution >= 4 is 52.4 Å². The molecule has 0 N–H and O–H groups in total. The van der Waals surface area contributed by atoms with Gasteiger partial charge in [0.05, 0.1) is 17.0 Å². The Bertz CT molecular complexity index is 423. The topological polar surface area (TPSA) is 32.7 Å². The van der Waals surface area contributed by atoms with Crippen molar-refractivity contribution in [3.05, 3.63) is 23.2 Å². The summed E-state index contributed by atoms with van der Waals surface area (Å²) in [6, 6.07) is 5.43. The van der Waals surface area contributed by atoms with E-state index in [0.29, 0.717) is 10.7 Å². The molecular formula is C10H10Cl2N2OS. The van der Waals surface area contributed by atoms with Crippen molar-refractivity contribution in [2.24, 2.45) is 4.99 Å². The molecule has 0 aromatic heterocycles. The minimum absolute atomic E-state index is 0.587. The van der Waals surface area contributed by atoms with E-state index in [-0.39, 0.29) is 0 Å². The maximum absolute atomic E-state index is 10.7. The van der Waals surface area contributed by atoms with E-state index in [9.17, 15) is 4.79 Å². The van der Waals surface area contributed by atoms with E-state index in [2.05, 4.69) is 4.99 Å². The van der Waals surface area contributed by atoms with Crippen molar-refractivity contribution in [3.63, 3.8) is 0 Å². The summed E-state index contributed by atoms with van der Waals surface area (Å²) in [5.41, 5.74) is 0.674. The smallest absolute Gasteiger partial charge is 0.292 e. The lowest BCUT2D eigenvalue weighted by Crippen LogP contribution is -2.17. The van der Waals surface area contributed by atoms with Crippen LogP contribution in [-0.4, -0.2) is 29.9 Å². The van der Waals surface area contributed by atoms with Crippen LogP contribution in [0.3, 0.4) is 0 Å². The predicted molar refractivity (Wildman–Crippen MR) is 70.4 cm³/mol. The summed E-state index contributed by atoms with van der Waals surface area (Å²) in [4.78, 5) is 16.9. The molecule has 0 atom stereocenters. The van der Waals surface area contributed by atoms with Gasteiger partial charge in [0, 0.05) is 11.9 Å². The molecule has 0 saturated heterocycles. The number of rotatable bonds is 3. The van der Waals surface area contributed by atoms with Crippen molar-refractivity contribution < 1.29 is 4.79 Å². The molecule has 6 heteroatoms. The van der Waals surface area contributed by atoms with Gasteiger partial charge in [-0.2, -0.15) is 0 Å².